The molecule has 0 aromatic carbocycles. The van der Waals surface area contributed by atoms with E-state index >= 15 is 0 Å². The first-order valence-corrected chi connectivity index (χ1v) is 0. The molecule has 5 heteroatoms. The summed E-state index contributed by atoms with van der Waals surface area (Å²) in [6.07, 6.45) is 0. The topological polar surface area (TPSA) is 85.5 Å². The monoisotopic (exact) mass is 355 g/mol. The normalized spacial score (nSPS) is 0. The van der Waals surface area contributed by atoms with Crippen LogP contribution in [0.5, 0.6) is 0 Å². The van der Waals surface area contributed by atoms with E-state index in [0.29, 0.717) is 0 Å². The third-order valence-corrected chi connectivity index (χ3v) is 0. The van der Waals surface area contributed by atoms with Crippen molar-refractivity contribution >= 4 is 0 Å². The van der Waals surface area contributed by atoms with Gasteiger partial charge in [0.25, 0.3) is 0 Å². The second-order valence-corrected chi connectivity index (χ2v) is 0. The van der Waals surface area contributed by atoms with Gasteiger partial charge in [0.15, 0.2) is 0 Å². The van der Waals surface area contributed by atoms with Crippen LogP contribution in [0.2, 0.25) is 0 Å². The largest absolute Gasteiger partial charge is 3.00 e. The summed E-state index contributed by atoms with van der Waals surface area (Å²) in [7, 11) is 0. The Hall–Kier alpha value is 2.49. The minimum Gasteiger partial charge on any atom is -2.00 e. The molecule has 0 saturated heterocycles. The van der Waals surface area contributed by atoms with Crippen molar-refractivity contribution in [2.45, 2.75) is 0 Å². The zero-order valence-corrected chi connectivity index (χ0v) is 7.65. The standard InChI is InChI=1S/Er.3O.Pr/q+3;3*-2;+3. The predicted octanol–water partition coefficient (Wildman–Crippen LogP) is -0.356. The number of hydrogen-bond acceptors (Lipinski definition) is 0. The van der Waals surface area contributed by atoms with E-state index in [4.69, 9.17) is 0 Å². The van der Waals surface area contributed by atoms with E-state index in [0.717, 1.165) is 0 Å². The molecule has 5 heavy (non-hydrogen) atoms. The summed E-state index contributed by atoms with van der Waals surface area (Å²) >= 11 is 0. The van der Waals surface area contributed by atoms with Crippen molar-refractivity contribution in [3.05, 3.63) is 0 Å². The summed E-state index contributed by atoms with van der Waals surface area (Å²) in [5.41, 5.74) is 0. The molecule has 0 aromatic heterocycles. The van der Waals surface area contributed by atoms with E-state index in [1.807, 2.05) is 0 Å². The first-order valence-electron chi connectivity index (χ1n) is 0. The van der Waals surface area contributed by atoms with Gasteiger partial charge >= 0.3 is 78.6 Å². The molecular weight excluding hydrogens is 356 g/mol. The van der Waals surface area contributed by atoms with Crippen molar-refractivity contribution < 1.29 is 95.0 Å². The molecule has 1 radical (unpaired) electrons. The Labute approximate surface area is 93.0 Å². The summed E-state index contributed by atoms with van der Waals surface area (Å²) in [4.78, 5) is 0. The molecule has 0 aliphatic heterocycles. The SMILES string of the molecule is [Er+3].[O-2].[O-2].[O-2].[Pr+3]. The van der Waals surface area contributed by atoms with Crippen molar-refractivity contribution in [3.8, 4) is 0 Å². The van der Waals surface area contributed by atoms with Crippen LogP contribution in [0, 0.1) is 78.6 Å². The van der Waals surface area contributed by atoms with Crippen LogP contribution in [0.4, 0.5) is 0 Å². The van der Waals surface area contributed by atoms with Crippen LogP contribution in [0.1, 0.15) is 0 Å². The van der Waals surface area contributed by atoms with E-state index < -0.39 is 0 Å². The van der Waals surface area contributed by atoms with E-state index in [-0.39, 0.29) is 95.0 Å². The zero-order valence-electron chi connectivity index (χ0n) is 2.09. The fourth-order valence-electron chi connectivity index (χ4n) is 0. The predicted molar refractivity (Wildman–Crippen MR) is 2.06 cm³/mol. The molecule has 0 aliphatic rings. The molecule has 0 amide bonds. The smallest absolute Gasteiger partial charge is 2.00 e. The molecule has 0 fully saturated rings. The first kappa shape index (κ1) is 50.9. The van der Waals surface area contributed by atoms with Crippen LogP contribution in [0.15, 0.2) is 0 Å². The fraction of sp³-hybridized carbons (Fsp3) is 0. The van der Waals surface area contributed by atoms with Crippen molar-refractivity contribution in [2.75, 3.05) is 0 Å². The van der Waals surface area contributed by atoms with E-state index in [1.165, 1.54) is 0 Å². The third-order valence-electron chi connectivity index (χ3n) is 0. The van der Waals surface area contributed by atoms with Crippen LogP contribution in [0.25, 0.3) is 0 Å². The average Bonchev–Trinajstić information content (AvgIpc) is 0. The molecule has 0 saturated carbocycles. The maximum atomic E-state index is 0. The van der Waals surface area contributed by atoms with Crippen molar-refractivity contribution in [3.63, 3.8) is 0 Å². The maximum Gasteiger partial charge on any atom is 3.00 e. The second kappa shape index (κ2) is 31.5. The summed E-state index contributed by atoms with van der Waals surface area (Å²) in [6.45, 7) is 0. The van der Waals surface area contributed by atoms with E-state index in [2.05, 4.69) is 0 Å². The summed E-state index contributed by atoms with van der Waals surface area (Å²) in [5, 5.41) is 0. The van der Waals surface area contributed by atoms with Gasteiger partial charge in [0.2, 0.25) is 0 Å². The van der Waals surface area contributed by atoms with Crippen LogP contribution in [-0.2, 0) is 16.4 Å². The summed E-state index contributed by atoms with van der Waals surface area (Å²) in [6, 6.07) is 0. The molecule has 0 spiro atoms. The molecule has 0 N–H and O–H groups in total. The summed E-state index contributed by atoms with van der Waals surface area (Å²) in [5.74, 6) is 0. The molecule has 3 nitrogen and oxygen atoms in total. The molecule has 0 heterocycles. The van der Waals surface area contributed by atoms with Crippen molar-refractivity contribution in [1.82, 2.24) is 0 Å². The van der Waals surface area contributed by atoms with Gasteiger partial charge in [-0.3, -0.25) is 0 Å². The van der Waals surface area contributed by atoms with Crippen LogP contribution in [-0.4, -0.2) is 0 Å². The van der Waals surface area contributed by atoms with Gasteiger partial charge in [0, 0.05) is 0 Å². The Morgan fingerprint density at radius 3 is 0.600 bits per heavy atom. The maximum absolute atomic E-state index is 0. The molecule has 0 aliphatic carbocycles. The van der Waals surface area contributed by atoms with Crippen molar-refractivity contribution in [1.29, 1.82) is 0 Å². The van der Waals surface area contributed by atoms with Gasteiger partial charge in [-0.1, -0.05) is 0 Å². The third kappa shape index (κ3) is 21.1. The van der Waals surface area contributed by atoms with Crippen LogP contribution < -0.4 is 0 Å². The number of hydrogen-bond donors (Lipinski definition) is 0. The van der Waals surface area contributed by atoms with Crippen LogP contribution >= 0.6 is 0 Å². The Morgan fingerprint density at radius 2 is 0.600 bits per heavy atom. The Bertz CT molecular complexity index is 6.85. The second-order valence-electron chi connectivity index (χ2n) is 0. The van der Waals surface area contributed by atoms with E-state index in [1.54, 1.807) is 0 Å². The number of rotatable bonds is 0. The van der Waals surface area contributed by atoms with Gasteiger partial charge in [-0.15, -0.1) is 0 Å². The minimum absolute atomic E-state index is 0. The molecule has 0 atom stereocenters. The zero-order chi connectivity index (χ0) is 0. The van der Waals surface area contributed by atoms with Gasteiger partial charge in [-0.25, -0.2) is 0 Å². The Balaban J connectivity index is 0. The van der Waals surface area contributed by atoms with Crippen LogP contribution in [0.3, 0.4) is 0 Å². The molecule has 0 bridgehead atoms. The molecular formula is ErO3Pr. The molecule has 33 valence electrons. The Morgan fingerprint density at radius 1 is 0.600 bits per heavy atom. The van der Waals surface area contributed by atoms with Gasteiger partial charge in [-0.05, 0) is 0 Å². The fourth-order valence-corrected chi connectivity index (χ4v) is 0. The molecule has 0 rings (SSSR count). The average molecular weight is 356 g/mol. The minimum atomic E-state index is 0. The molecule has 0 aromatic rings. The van der Waals surface area contributed by atoms with E-state index in [9.17, 15) is 0 Å². The van der Waals surface area contributed by atoms with Gasteiger partial charge in [-0.2, -0.15) is 0 Å². The quantitative estimate of drug-likeness (QED) is 0.568. The van der Waals surface area contributed by atoms with Gasteiger partial charge in [0.1, 0.15) is 0 Å². The Kier molecular flexibility index (Phi) is 321. The van der Waals surface area contributed by atoms with Gasteiger partial charge < -0.3 is 16.4 Å². The summed E-state index contributed by atoms with van der Waals surface area (Å²) < 4.78 is 0. The van der Waals surface area contributed by atoms with Crippen molar-refractivity contribution in [2.24, 2.45) is 0 Å². The molecule has 0 unspecified atom stereocenters. The van der Waals surface area contributed by atoms with Gasteiger partial charge in [0.05, 0.1) is 0 Å². The first-order chi connectivity index (χ1) is 0.